The van der Waals surface area contributed by atoms with Gasteiger partial charge in [0.1, 0.15) is 0 Å². The Morgan fingerprint density at radius 3 is 2.42 bits per heavy atom. The Kier molecular flexibility index (Phi) is 7.05. The molecule has 1 aromatic heterocycles. The second-order valence-electron chi connectivity index (χ2n) is 7.38. The summed E-state index contributed by atoms with van der Waals surface area (Å²) in [4.78, 5) is 23.7. The molecule has 0 atom stereocenters. The zero-order valence-electron chi connectivity index (χ0n) is 18.3. The number of hydrogen-bond donors (Lipinski definition) is 2. The summed E-state index contributed by atoms with van der Waals surface area (Å²) in [5, 5.41) is 9.69. The summed E-state index contributed by atoms with van der Waals surface area (Å²) < 4.78 is 45.1. The van der Waals surface area contributed by atoms with Crippen molar-refractivity contribution in [2.24, 2.45) is 0 Å². The zero-order valence-corrected chi connectivity index (χ0v) is 18.3. The number of carbonyl (C=O) groups is 2. The van der Waals surface area contributed by atoms with Gasteiger partial charge in [-0.2, -0.15) is 18.3 Å². The number of aryl methyl sites for hydroxylation is 1. The van der Waals surface area contributed by atoms with E-state index in [4.69, 9.17) is 0 Å². The fourth-order valence-corrected chi connectivity index (χ4v) is 3.29. The molecule has 0 spiro atoms. The van der Waals surface area contributed by atoms with E-state index in [9.17, 15) is 22.8 Å². The smallest absolute Gasteiger partial charge is 0.416 e. The van der Waals surface area contributed by atoms with Crippen LogP contribution in [0.5, 0.6) is 0 Å². The minimum atomic E-state index is -4.46. The Morgan fingerprint density at radius 1 is 1.09 bits per heavy atom. The monoisotopic (exact) mass is 460 g/mol. The number of hydrogen-bond acceptors (Lipinski definition) is 4. The van der Waals surface area contributed by atoms with Crippen LogP contribution in [0.1, 0.15) is 28.1 Å². The van der Waals surface area contributed by atoms with Crippen LogP contribution in [0.25, 0.3) is 5.69 Å². The Labute approximate surface area is 188 Å². The van der Waals surface area contributed by atoms with Gasteiger partial charge in [-0.05, 0) is 49.7 Å². The molecule has 0 fully saturated rings. The molecule has 0 unspecified atom stereocenters. The third kappa shape index (κ3) is 5.91. The van der Waals surface area contributed by atoms with E-state index < -0.39 is 17.8 Å². The summed E-state index contributed by atoms with van der Waals surface area (Å²) in [6.07, 6.45) is -4.99. The first kappa shape index (κ1) is 23.8. The van der Waals surface area contributed by atoms with Gasteiger partial charge >= 0.3 is 12.3 Å². The quantitative estimate of drug-likeness (QED) is 0.566. The molecule has 3 aromatic rings. The number of nitrogens with zero attached hydrogens (tertiary/aromatic N) is 2. The highest BCUT2D eigenvalue weighted by molar-refractivity contribution is 5.84. The maximum absolute atomic E-state index is 13.1. The van der Waals surface area contributed by atoms with Crippen molar-refractivity contribution in [2.75, 3.05) is 12.4 Å². The van der Waals surface area contributed by atoms with Crippen LogP contribution in [-0.2, 0) is 28.7 Å². The van der Waals surface area contributed by atoms with Crippen molar-refractivity contribution in [3.8, 4) is 5.69 Å². The molecule has 0 bridgehead atoms. The van der Waals surface area contributed by atoms with Gasteiger partial charge in [-0.25, -0.2) is 9.48 Å². The third-order valence-electron chi connectivity index (χ3n) is 5.07. The first-order valence-corrected chi connectivity index (χ1v) is 10.0. The minimum Gasteiger partial charge on any atom is -0.453 e. The molecule has 2 amide bonds. The van der Waals surface area contributed by atoms with E-state index in [0.717, 1.165) is 17.7 Å². The van der Waals surface area contributed by atoms with Crippen LogP contribution in [-0.4, -0.2) is 28.9 Å². The van der Waals surface area contributed by atoms with E-state index in [1.165, 1.54) is 23.9 Å². The molecule has 2 N–H and O–H groups in total. The molecular formula is C23H23F3N4O3. The van der Waals surface area contributed by atoms with E-state index in [-0.39, 0.29) is 24.6 Å². The first-order chi connectivity index (χ1) is 15.6. The number of alkyl halides is 3. The van der Waals surface area contributed by atoms with Crippen molar-refractivity contribution in [1.82, 2.24) is 15.1 Å². The summed E-state index contributed by atoms with van der Waals surface area (Å²) in [5.74, 6) is -0.249. The lowest BCUT2D eigenvalue weighted by Crippen LogP contribution is -2.25. The molecule has 3 rings (SSSR count). The van der Waals surface area contributed by atoms with Crippen LogP contribution in [0.3, 0.4) is 0 Å². The van der Waals surface area contributed by atoms with Crippen molar-refractivity contribution in [3.05, 3.63) is 76.6 Å². The molecular weight excluding hydrogens is 437 g/mol. The second-order valence-corrected chi connectivity index (χ2v) is 7.38. The number of halogens is 3. The highest BCUT2D eigenvalue weighted by Gasteiger charge is 2.30. The standard InChI is InChI=1S/C23H23F3N4O3/c1-14-20(15(2)30(29-14)19-6-4-5-17(11-19)23(24,25)26)12-21(31)27-13-16-7-9-18(10-8-16)28-22(32)33-3/h4-11H,12-13H2,1-3H3,(H,27,31)(H,28,32). The van der Waals surface area contributed by atoms with E-state index in [2.05, 4.69) is 20.5 Å². The van der Waals surface area contributed by atoms with Crippen molar-refractivity contribution in [3.63, 3.8) is 0 Å². The molecule has 0 aliphatic heterocycles. The molecule has 2 aromatic carbocycles. The van der Waals surface area contributed by atoms with Gasteiger partial charge < -0.3 is 10.1 Å². The average Bonchev–Trinajstić information content (AvgIpc) is 3.06. The number of rotatable bonds is 6. The van der Waals surface area contributed by atoms with Gasteiger partial charge in [0, 0.05) is 23.5 Å². The van der Waals surface area contributed by atoms with Gasteiger partial charge in [-0.1, -0.05) is 18.2 Å². The Bertz CT molecular complexity index is 1150. The number of carbonyl (C=O) groups excluding carboxylic acids is 2. The lowest BCUT2D eigenvalue weighted by atomic mass is 10.1. The maximum Gasteiger partial charge on any atom is 0.416 e. The number of methoxy groups -OCH3 is 1. The van der Waals surface area contributed by atoms with E-state index in [1.807, 2.05) is 0 Å². The Balaban J connectivity index is 1.66. The summed E-state index contributed by atoms with van der Waals surface area (Å²) in [7, 11) is 1.27. The van der Waals surface area contributed by atoms with Gasteiger partial charge in [0.25, 0.3) is 0 Å². The molecule has 10 heteroatoms. The van der Waals surface area contributed by atoms with Crippen molar-refractivity contribution in [2.45, 2.75) is 33.0 Å². The van der Waals surface area contributed by atoms with Crippen LogP contribution in [0, 0.1) is 13.8 Å². The SMILES string of the molecule is COC(=O)Nc1ccc(CNC(=O)Cc2c(C)nn(-c3cccc(C(F)(F)F)c3)c2C)cc1. The third-order valence-corrected chi connectivity index (χ3v) is 5.07. The molecule has 0 radical (unpaired) electrons. The Hall–Kier alpha value is -3.82. The number of amides is 2. The van der Waals surface area contributed by atoms with Crippen LogP contribution in [0.4, 0.5) is 23.7 Å². The van der Waals surface area contributed by atoms with Crippen LogP contribution in [0.2, 0.25) is 0 Å². The van der Waals surface area contributed by atoms with Crippen LogP contribution < -0.4 is 10.6 Å². The lowest BCUT2D eigenvalue weighted by Gasteiger charge is -2.10. The van der Waals surface area contributed by atoms with Gasteiger partial charge in [0.15, 0.2) is 0 Å². The summed E-state index contributed by atoms with van der Waals surface area (Å²) in [6.45, 7) is 3.71. The normalized spacial score (nSPS) is 11.2. The van der Waals surface area contributed by atoms with Crippen LogP contribution in [0.15, 0.2) is 48.5 Å². The molecule has 0 aliphatic carbocycles. The molecule has 0 saturated carbocycles. The largest absolute Gasteiger partial charge is 0.453 e. The summed E-state index contributed by atoms with van der Waals surface area (Å²) >= 11 is 0. The molecule has 0 saturated heterocycles. The summed E-state index contributed by atoms with van der Waals surface area (Å²) in [5.41, 5.74) is 2.72. The maximum atomic E-state index is 13.1. The molecule has 33 heavy (non-hydrogen) atoms. The van der Waals surface area contributed by atoms with Gasteiger partial charge in [-0.3, -0.25) is 10.1 Å². The predicted molar refractivity (Wildman–Crippen MR) is 116 cm³/mol. The first-order valence-electron chi connectivity index (χ1n) is 10.0. The van der Waals surface area contributed by atoms with E-state index >= 15 is 0 Å². The van der Waals surface area contributed by atoms with E-state index in [0.29, 0.717) is 22.6 Å². The minimum absolute atomic E-state index is 0.0403. The number of benzene rings is 2. The number of anilines is 1. The molecule has 174 valence electrons. The van der Waals surface area contributed by atoms with Gasteiger partial charge in [0.05, 0.1) is 30.5 Å². The van der Waals surface area contributed by atoms with E-state index in [1.54, 1.807) is 38.1 Å². The second kappa shape index (κ2) is 9.76. The fraction of sp³-hybridized carbons (Fsp3) is 0.261. The number of nitrogens with one attached hydrogen (secondary N) is 2. The van der Waals surface area contributed by atoms with Crippen LogP contribution >= 0.6 is 0 Å². The fourth-order valence-electron chi connectivity index (χ4n) is 3.29. The number of aromatic nitrogens is 2. The zero-order chi connectivity index (χ0) is 24.2. The lowest BCUT2D eigenvalue weighted by molar-refractivity contribution is -0.137. The summed E-state index contributed by atoms with van der Waals surface area (Å²) in [6, 6.07) is 11.8. The number of ether oxygens (including phenoxy) is 1. The van der Waals surface area contributed by atoms with Crippen molar-refractivity contribution < 1.29 is 27.5 Å². The van der Waals surface area contributed by atoms with Gasteiger partial charge in [0.2, 0.25) is 5.91 Å². The van der Waals surface area contributed by atoms with Crippen molar-refractivity contribution >= 4 is 17.7 Å². The topological polar surface area (TPSA) is 85.2 Å². The highest BCUT2D eigenvalue weighted by atomic mass is 19.4. The predicted octanol–water partition coefficient (Wildman–Crippen LogP) is 4.55. The molecule has 0 aliphatic rings. The van der Waals surface area contributed by atoms with Crippen molar-refractivity contribution in [1.29, 1.82) is 0 Å². The molecule has 1 heterocycles. The van der Waals surface area contributed by atoms with Gasteiger partial charge in [-0.15, -0.1) is 0 Å². The highest BCUT2D eigenvalue weighted by Crippen LogP contribution is 2.31. The molecule has 7 nitrogen and oxygen atoms in total. The Morgan fingerprint density at radius 2 is 1.79 bits per heavy atom. The average molecular weight is 460 g/mol.